The first kappa shape index (κ1) is 20.6. The zero-order chi connectivity index (χ0) is 19.8. The summed E-state index contributed by atoms with van der Waals surface area (Å²) in [6.45, 7) is 9.58. The van der Waals surface area contributed by atoms with E-state index in [1.54, 1.807) is 32.7 Å². The zero-order valence-corrected chi connectivity index (χ0v) is 20.8. The van der Waals surface area contributed by atoms with Crippen LogP contribution in [-0.2, 0) is 16.6 Å². The van der Waals surface area contributed by atoms with E-state index in [0.29, 0.717) is 3.72 Å². The summed E-state index contributed by atoms with van der Waals surface area (Å²) in [5.41, 5.74) is 6.47. The van der Waals surface area contributed by atoms with Gasteiger partial charge in [0, 0.05) is 0 Å². The average Bonchev–Trinajstić information content (AvgIpc) is 2.82. The average molecular weight is 411 g/mol. The molecule has 0 N–H and O–H groups in total. The van der Waals surface area contributed by atoms with Gasteiger partial charge >= 0.3 is 172 Å². The molecule has 2 heteroatoms. The van der Waals surface area contributed by atoms with E-state index in [1.165, 1.54) is 6.04 Å². The van der Waals surface area contributed by atoms with E-state index in [2.05, 4.69) is 104 Å². The molecule has 3 rings (SSSR count). The second-order valence-corrected chi connectivity index (χ2v) is 20.4. The third-order valence-corrected chi connectivity index (χ3v) is 16.7. The van der Waals surface area contributed by atoms with Gasteiger partial charge in [-0.25, -0.2) is 0 Å². The van der Waals surface area contributed by atoms with E-state index < -0.39 is 25.4 Å². The van der Waals surface area contributed by atoms with Crippen LogP contribution in [0.15, 0.2) is 83.0 Å². The monoisotopic (exact) mass is 410 g/mol. The molecule has 0 saturated heterocycles. The van der Waals surface area contributed by atoms with Crippen LogP contribution in [0.2, 0.25) is 25.4 Å². The van der Waals surface area contributed by atoms with Gasteiger partial charge in [-0.05, 0) is 0 Å². The molecule has 0 heterocycles. The summed E-state index contributed by atoms with van der Waals surface area (Å²) >= 11 is -2.08. The molecule has 0 atom stereocenters. The number of hydrogen-bond donors (Lipinski definition) is 0. The number of benzene rings is 2. The van der Waals surface area contributed by atoms with Crippen LogP contribution in [0, 0.1) is 0 Å². The molecule has 2 aromatic rings. The Kier molecular flexibility index (Phi) is 5.87. The van der Waals surface area contributed by atoms with Crippen molar-refractivity contribution >= 4 is 19.2 Å². The molecule has 0 saturated carbocycles. The Morgan fingerprint density at radius 1 is 0.667 bits per heavy atom. The molecule has 0 aromatic heterocycles. The molecule has 0 spiro atoms. The Labute approximate surface area is 171 Å². The molecule has 1 aliphatic carbocycles. The number of allylic oxidation sites excluding steroid dienone is 4. The van der Waals surface area contributed by atoms with Crippen molar-refractivity contribution in [1.29, 1.82) is 0 Å². The summed E-state index contributed by atoms with van der Waals surface area (Å²) in [4.78, 5) is 0. The third-order valence-electron chi connectivity index (χ3n) is 7.16. The summed E-state index contributed by atoms with van der Waals surface area (Å²) in [5, 5.41) is 11.0. The maximum absolute atomic E-state index is 2.63. The fraction of sp³-hybridized carbons (Fsp3) is 0.360. The SMILES string of the molecule is CC1=C(C)[C](C[SiH](c2ccccc2)c2ccccc2)([Ti]([CH3])([CH3])[CH3])C(C)=C1C. The Hall–Kier alpha value is -1.15. The predicted molar refractivity (Wildman–Crippen MR) is 121 cm³/mol. The second kappa shape index (κ2) is 7.70. The van der Waals surface area contributed by atoms with Crippen molar-refractivity contribution < 1.29 is 16.6 Å². The minimum absolute atomic E-state index is 0.330. The number of rotatable bonds is 5. The van der Waals surface area contributed by atoms with Crippen LogP contribution in [0.5, 0.6) is 0 Å². The maximum atomic E-state index is 2.63. The van der Waals surface area contributed by atoms with Gasteiger partial charge in [0.2, 0.25) is 0 Å². The summed E-state index contributed by atoms with van der Waals surface area (Å²) in [7, 11) is -1.32. The molecule has 0 bridgehead atoms. The van der Waals surface area contributed by atoms with Crippen molar-refractivity contribution in [3.8, 4) is 0 Å². The molecule has 2 aromatic carbocycles. The van der Waals surface area contributed by atoms with Crippen molar-refractivity contribution in [1.82, 2.24) is 0 Å². The van der Waals surface area contributed by atoms with Crippen molar-refractivity contribution in [3.05, 3.63) is 83.0 Å². The quantitative estimate of drug-likeness (QED) is 0.517. The van der Waals surface area contributed by atoms with Gasteiger partial charge in [-0.1, -0.05) is 0 Å². The van der Waals surface area contributed by atoms with Crippen molar-refractivity contribution in [2.24, 2.45) is 0 Å². The van der Waals surface area contributed by atoms with E-state index >= 15 is 0 Å². The standard InChI is InChI=1S/C22H25Si.3CH3.Ti/c1-16-17(2)19(4)22(18(16)3)15-23(20-11-7-5-8-12-20)21-13-9-6-10-14-21;;;;/h5-14,23H,15H2,1-4H3;3*1H3;. The summed E-state index contributed by atoms with van der Waals surface area (Å²) in [6.07, 6.45) is 0. The summed E-state index contributed by atoms with van der Waals surface area (Å²) in [6, 6.07) is 24.0. The van der Waals surface area contributed by atoms with E-state index in [0.717, 1.165) is 0 Å². The van der Waals surface area contributed by atoms with Crippen molar-refractivity contribution in [3.63, 3.8) is 0 Å². The fourth-order valence-electron chi connectivity index (χ4n) is 5.33. The molecule has 142 valence electrons. The van der Waals surface area contributed by atoms with Crippen LogP contribution in [0.3, 0.4) is 0 Å². The topological polar surface area (TPSA) is 0 Å². The molecule has 0 unspecified atom stereocenters. The van der Waals surface area contributed by atoms with Crippen LogP contribution in [-0.4, -0.2) is 8.80 Å². The van der Waals surface area contributed by atoms with Gasteiger partial charge in [0.1, 0.15) is 0 Å². The van der Waals surface area contributed by atoms with E-state index in [4.69, 9.17) is 0 Å². The molecule has 0 radical (unpaired) electrons. The third kappa shape index (κ3) is 3.50. The minimum atomic E-state index is -2.08. The van der Waals surface area contributed by atoms with E-state index in [-0.39, 0.29) is 0 Å². The van der Waals surface area contributed by atoms with Gasteiger partial charge in [-0.3, -0.25) is 0 Å². The van der Waals surface area contributed by atoms with Crippen LogP contribution in [0.4, 0.5) is 0 Å². The van der Waals surface area contributed by atoms with E-state index in [1.807, 2.05) is 0 Å². The normalized spacial score (nSPS) is 17.2. The fourth-order valence-corrected chi connectivity index (χ4v) is 17.3. The van der Waals surface area contributed by atoms with Gasteiger partial charge in [0.15, 0.2) is 0 Å². The van der Waals surface area contributed by atoms with Crippen molar-refractivity contribution in [2.75, 3.05) is 0 Å². The molecular formula is C25H34SiTi. The van der Waals surface area contributed by atoms with Gasteiger partial charge in [0.25, 0.3) is 0 Å². The molecule has 0 nitrogen and oxygen atoms in total. The van der Waals surface area contributed by atoms with E-state index in [9.17, 15) is 0 Å². The Morgan fingerprint density at radius 3 is 1.37 bits per heavy atom. The predicted octanol–water partition coefficient (Wildman–Crippen LogP) is 6.17. The van der Waals surface area contributed by atoms with Gasteiger partial charge in [-0.15, -0.1) is 0 Å². The first-order valence-electron chi connectivity index (χ1n) is 10.2. The van der Waals surface area contributed by atoms with Crippen molar-refractivity contribution in [2.45, 2.75) is 53.1 Å². The van der Waals surface area contributed by atoms with Crippen LogP contribution in [0.25, 0.3) is 0 Å². The van der Waals surface area contributed by atoms with Crippen LogP contribution in [0.1, 0.15) is 27.7 Å². The molecule has 1 aliphatic rings. The molecular weight excluding hydrogens is 376 g/mol. The van der Waals surface area contributed by atoms with Crippen LogP contribution >= 0.6 is 0 Å². The van der Waals surface area contributed by atoms with Gasteiger partial charge < -0.3 is 0 Å². The summed E-state index contributed by atoms with van der Waals surface area (Å²) < 4.78 is 0.330. The van der Waals surface area contributed by atoms with Gasteiger partial charge in [-0.2, -0.15) is 0 Å². The first-order valence-corrected chi connectivity index (χ1v) is 17.6. The van der Waals surface area contributed by atoms with Crippen LogP contribution < -0.4 is 10.4 Å². The molecule has 0 amide bonds. The molecule has 0 fully saturated rings. The Balaban J connectivity index is 2.19. The second-order valence-electron chi connectivity index (χ2n) is 9.23. The Bertz CT molecular complexity index is 806. The summed E-state index contributed by atoms with van der Waals surface area (Å²) in [5.74, 6) is 0. The molecule has 0 aliphatic heterocycles. The zero-order valence-electron chi connectivity index (χ0n) is 18.1. The molecule has 27 heavy (non-hydrogen) atoms. The first-order chi connectivity index (χ1) is 12.7. The Morgan fingerprint density at radius 2 is 1.04 bits per heavy atom. The number of hydrogen-bond acceptors (Lipinski definition) is 0. The van der Waals surface area contributed by atoms with Gasteiger partial charge in [0.05, 0.1) is 0 Å².